The third-order valence-electron chi connectivity index (χ3n) is 2.06. The van der Waals surface area contributed by atoms with Crippen LogP contribution < -0.4 is 5.32 Å². The molecule has 0 amide bonds. The third-order valence-corrected chi connectivity index (χ3v) is 2.06. The van der Waals surface area contributed by atoms with Crippen molar-refractivity contribution < 1.29 is 4.92 Å². The molecule has 6 nitrogen and oxygen atoms in total. The van der Waals surface area contributed by atoms with Crippen molar-refractivity contribution in [3.8, 4) is 0 Å². The zero-order valence-electron chi connectivity index (χ0n) is 9.51. The van der Waals surface area contributed by atoms with Crippen LogP contribution in [-0.2, 0) is 0 Å². The van der Waals surface area contributed by atoms with Crippen LogP contribution >= 0.6 is 0 Å². The van der Waals surface area contributed by atoms with Crippen molar-refractivity contribution in [1.82, 2.24) is 9.88 Å². The zero-order chi connectivity index (χ0) is 12.0. The molecule has 0 spiro atoms. The maximum Gasteiger partial charge on any atom is 0.311 e. The first-order valence-electron chi connectivity index (χ1n) is 5.09. The van der Waals surface area contributed by atoms with Gasteiger partial charge in [0, 0.05) is 18.8 Å². The Morgan fingerprint density at radius 2 is 2.31 bits per heavy atom. The second-order valence-corrected chi connectivity index (χ2v) is 3.71. The molecule has 1 heterocycles. The molecule has 0 bridgehead atoms. The second kappa shape index (κ2) is 6.02. The Balaban J connectivity index is 2.50. The van der Waals surface area contributed by atoms with Gasteiger partial charge >= 0.3 is 5.69 Å². The summed E-state index contributed by atoms with van der Waals surface area (Å²) >= 11 is 0. The predicted octanol–water partition coefficient (Wildman–Crippen LogP) is 1.35. The molecule has 0 atom stereocenters. The van der Waals surface area contributed by atoms with Gasteiger partial charge in [-0.15, -0.1) is 0 Å². The van der Waals surface area contributed by atoms with Crippen molar-refractivity contribution in [3.05, 3.63) is 28.4 Å². The number of rotatable bonds is 6. The normalized spacial score (nSPS) is 10.4. The van der Waals surface area contributed by atoms with E-state index in [0.29, 0.717) is 12.4 Å². The third kappa shape index (κ3) is 3.82. The van der Waals surface area contributed by atoms with E-state index in [9.17, 15) is 10.1 Å². The van der Waals surface area contributed by atoms with E-state index in [0.717, 1.165) is 13.0 Å². The van der Waals surface area contributed by atoms with Crippen LogP contribution in [0.25, 0.3) is 0 Å². The van der Waals surface area contributed by atoms with Gasteiger partial charge in [0.1, 0.15) is 0 Å². The van der Waals surface area contributed by atoms with E-state index < -0.39 is 4.92 Å². The standard InChI is InChI=1S/C10H16N4O2/c1-13(2)8-4-7-12-10-9(14(15)16)5-3-6-11-10/h3,5-6H,4,7-8H2,1-2H3,(H,11,12). The van der Waals surface area contributed by atoms with E-state index >= 15 is 0 Å². The SMILES string of the molecule is CN(C)CCCNc1ncccc1[N+](=O)[O-]. The Morgan fingerprint density at radius 1 is 1.56 bits per heavy atom. The first-order valence-corrected chi connectivity index (χ1v) is 5.09. The largest absolute Gasteiger partial charge is 0.364 e. The lowest BCUT2D eigenvalue weighted by Crippen LogP contribution is -2.17. The lowest BCUT2D eigenvalue weighted by atomic mass is 10.3. The molecule has 0 aliphatic carbocycles. The van der Waals surface area contributed by atoms with Gasteiger partial charge in [0.25, 0.3) is 0 Å². The number of nitrogens with one attached hydrogen (secondary N) is 1. The molecule has 0 unspecified atom stereocenters. The smallest absolute Gasteiger partial charge is 0.311 e. The van der Waals surface area contributed by atoms with Gasteiger partial charge < -0.3 is 10.2 Å². The number of anilines is 1. The molecule has 0 fully saturated rings. The van der Waals surface area contributed by atoms with Crippen LogP contribution in [-0.4, -0.2) is 42.0 Å². The number of nitro groups is 1. The van der Waals surface area contributed by atoms with Crippen molar-refractivity contribution in [2.45, 2.75) is 6.42 Å². The molecular weight excluding hydrogens is 208 g/mol. The molecule has 16 heavy (non-hydrogen) atoms. The van der Waals surface area contributed by atoms with Crippen LogP contribution in [0.3, 0.4) is 0 Å². The van der Waals surface area contributed by atoms with Gasteiger partial charge in [-0.2, -0.15) is 0 Å². The zero-order valence-corrected chi connectivity index (χ0v) is 9.51. The van der Waals surface area contributed by atoms with E-state index in [1.807, 2.05) is 14.1 Å². The van der Waals surface area contributed by atoms with Gasteiger partial charge in [0.15, 0.2) is 0 Å². The molecular formula is C10H16N4O2. The summed E-state index contributed by atoms with van der Waals surface area (Å²) in [6.45, 7) is 1.61. The minimum Gasteiger partial charge on any atom is -0.364 e. The van der Waals surface area contributed by atoms with Crippen molar-refractivity contribution >= 4 is 11.5 Å². The van der Waals surface area contributed by atoms with E-state index in [1.54, 1.807) is 12.3 Å². The van der Waals surface area contributed by atoms with Crippen LogP contribution in [0, 0.1) is 10.1 Å². The molecule has 0 radical (unpaired) electrons. The van der Waals surface area contributed by atoms with Crippen molar-refractivity contribution in [2.75, 3.05) is 32.5 Å². The minimum atomic E-state index is -0.429. The van der Waals surface area contributed by atoms with Crippen molar-refractivity contribution in [3.63, 3.8) is 0 Å². The highest BCUT2D eigenvalue weighted by Gasteiger charge is 2.12. The summed E-state index contributed by atoms with van der Waals surface area (Å²) in [5.74, 6) is 0.339. The Hall–Kier alpha value is -1.69. The van der Waals surface area contributed by atoms with E-state index in [2.05, 4.69) is 15.2 Å². The monoisotopic (exact) mass is 224 g/mol. The fourth-order valence-corrected chi connectivity index (χ4v) is 1.28. The first kappa shape index (κ1) is 12.4. The summed E-state index contributed by atoms with van der Waals surface area (Å²) in [4.78, 5) is 16.3. The van der Waals surface area contributed by atoms with E-state index in [-0.39, 0.29) is 5.69 Å². The number of aromatic nitrogens is 1. The predicted molar refractivity (Wildman–Crippen MR) is 62.6 cm³/mol. The highest BCUT2D eigenvalue weighted by Crippen LogP contribution is 2.19. The summed E-state index contributed by atoms with van der Waals surface area (Å²) < 4.78 is 0. The Labute approximate surface area is 94.4 Å². The number of nitrogens with zero attached hydrogens (tertiary/aromatic N) is 3. The molecule has 1 rings (SSSR count). The molecule has 0 aliphatic rings. The molecule has 88 valence electrons. The second-order valence-electron chi connectivity index (χ2n) is 3.71. The maximum atomic E-state index is 10.7. The Kier molecular flexibility index (Phi) is 4.65. The molecule has 1 N–H and O–H groups in total. The summed E-state index contributed by atoms with van der Waals surface area (Å²) in [5, 5.41) is 13.7. The molecule has 1 aromatic rings. The average Bonchev–Trinajstić information content (AvgIpc) is 2.24. The molecule has 1 aromatic heterocycles. The summed E-state index contributed by atoms with van der Waals surface area (Å²) in [6, 6.07) is 3.00. The van der Waals surface area contributed by atoms with Crippen molar-refractivity contribution in [1.29, 1.82) is 0 Å². The lowest BCUT2D eigenvalue weighted by Gasteiger charge is -2.09. The van der Waals surface area contributed by atoms with Gasteiger partial charge in [0.2, 0.25) is 5.82 Å². The summed E-state index contributed by atoms with van der Waals surface area (Å²) in [5.41, 5.74) is 0.0207. The molecule has 0 aliphatic heterocycles. The number of hydrogen-bond acceptors (Lipinski definition) is 5. The topological polar surface area (TPSA) is 71.3 Å². The lowest BCUT2D eigenvalue weighted by molar-refractivity contribution is -0.384. The van der Waals surface area contributed by atoms with E-state index in [4.69, 9.17) is 0 Å². The minimum absolute atomic E-state index is 0.0207. The van der Waals surface area contributed by atoms with Gasteiger partial charge in [-0.1, -0.05) is 0 Å². The molecule has 0 saturated heterocycles. The van der Waals surface area contributed by atoms with Gasteiger partial charge in [-0.05, 0) is 33.1 Å². The van der Waals surface area contributed by atoms with Crippen LogP contribution in [0.4, 0.5) is 11.5 Å². The van der Waals surface area contributed by atoms with Crippen LogP contribution in [0.1, 0.15) is 6.42 Å². The highest BCUT2D eigenvalue weighted by atomic mass is 16.6. The van der Waals surface area contributed by atoms with Crippen LogP contribution in [0.5, 0.6) is 0 Å². The van der Waals surface area contributed by atoms with E-state index in [1.165, 1.54) is 6.07 Å². The Bertz CT molecular complexity index is 354. The molecule has 6 heteroatoms. The maximum absolute atomic E-state index is 10.7. The number of hydrogen-bond donors (Lipinski definition) is 1. The van der Waals surface area contributed by atoms with Gasteiger partial charge in [0.05, 0.1) is 4.92 Å². The van der Waals surface area contributed by atoms with Crippen molar-refractivity contribution in [2.24, 2.45) is 0 Å². The van der Waals surface area contributed by atoms with Crippen LogP contribution in [0.2, 0.25) is 0 Å². The first-order chi connectivity index (χ1) is 7.61. The molecule has 0 saturated carbocycles. The summed E-state index contributed by atoms with van der Waals surface area (Å²) in [6.07, 6.45) is 2.46. The number of pyridine rings is 1. The fraction of sp³-hybridized carbons (Fsp3) is 0.500. The summed E-state index contributed by atoms with van der Waals surface area (Å²) in [7, 11) is 3.98. The van der Waals surface area contributed by atoms with Gasteiger partial charge in [-0.25, -0.2) is 4.98 Å². The quantitative estimate of drug-likeness (QED) is 0.448. The highest BCUT2D eigenvalue weighted by molar-refractivity contribution is 5.54. The molecule has 0 aromatic carbocycles. The fourth-order valence-electron chi connectivity index (χ4n) is 1.28. The average molecular weight is 224 g/mol. The van der Waals surface area contributed by atoms with Crippen LogP contribution in [0.15, 0.2) is 18.3 Å². The van der Waals surface area contributed by atoms with Gasteiger partial charge in [-0.3, -0.25) is 10.1 Å². The Morgan fingerprint density at radius 3 is 2.94 bits per heavy atom.